The van der Waals surface area contributed by atoms with Crippen LogP contribution < -0.4 is 10.6 Å². The molecule has 1 aromatic rings. The third kappa shape index (κ3) is 1.88. The molecule has 2 unspecified atom stereocenters. The number of aromatic nitrogens is 1. The number of piperidine rings is 1. The van der Waals surface area contributed by atoms with E-state index in [9.17, 15) is 9.18 Å². The Hall–Kier alpha value is -1.49. The number of anilines is 1. The summed E-state index contributed by atoms with van der Waals surface area (Å²) >= 11 is 0. The summed E-state index contributed by atoms with van der Waals surface area (Å²) in [5, 5.41) is 6.01. The van der Waals surface area contributed by atoms with Crippen LogP contribution in [0.15, 0.2) is 6.07 Å². The van der Waals surface area contributed by atoms with Crippen LogP contribution in [-0.2, 0) is 4.79 Å². The van der Waals surface area contributed by atoms with E-state index < -0.39 is 0 Å². The van der Waals surface area contributed by atoms with E-state index in [-0.39, 0.29) is 17.8 Å². The van der Waals surface area contributed by atoms with E-state index in [1.165, 1.54) is 6.07 Å². The average molecular weight is 249 g/mol. The van der Waals surface area contributed by atoms with Crippen LogP contribution >= 0.6 is 0 Å². The molecule has 1 aromatic heterocycles. The maximum Gasteiger partial charge on any atom is 0.242 e. The van der Waals surface area contributed by atoms with Crippen LogP contribution in [-0.4, -0.2) is 23.5 Å². The van der Waals surface area contributed by atoms with Gasteiger partial charge in [0.1, 0.15) is 11.6 Å². The molecule has 0 aromatic carbocycles. The minimum atomic E-state index is -0.341. The first-order valence-corrected chi connectivity index (χ1v) is 6.24. The van der Waals surface area contributed by atoms with Gasteiger partial charge in [0.15, 0.2) is 0 Å². The van der Waals surface area contributed by atoms with Gasteiger partial charge in [0.25, 0.3) is 0 Å². The van der Waals surface area contributed by atoms with E-state index in [1.807, 2.05) is 0 Å². The lowest BCUT2D eigenvalue weighted by Crippen LogP contribution is -2.39. The van der Waals surface area contributed by atoms with Gasteiger partial charge in [-0.1, -0.05) is 0 Å². The topological polar surface area (TPSA) is 54.0 Å². The van der Waals surface area contributed by atoms with E-state index in [0.717, 1.165) is 13.0 Å². The largest absolute Gasteiger partial charge is 0.309 e. The summed E-state index contributed by atoms with van der Waals surface area (Å²) in [6.45, 7) is 4.26. The number of nitrogens with zero attached hydrogens (tertiary/aromatic N) is 1. The van der Waals surface area contributed by atoms with Crippen molar-refractivity contribution < 1.29 is 9.18 Å². The molecule has 1 aliphatic heterocycles. The number of rotatable bonds is 2. The van der Waals surface area contributed by atoms with Crippen LogP contribution in [0.5, 0.6) is 0 Å². The maximum atomic E-state index is 13.3. The fourth-order valence-corrected chi connectivity index (χ4v) is 2.62. The highest BCUT2D eigenvalue weighted by Gasteiger charge is 2.50. The molecule has 4 nitrogen and oxygen atoms in total. The number of aryl methyl sites for hydroxylation is 2. The number of halogens is 1. The van der Waals surface area contributed by atoms with Gasteiger partial charge < -0.3 is 10.6 Å². The highest BCUT2D eigenvalue weighted by atomic mass is 19.1. The standard InChI is InChI=1S/C13H16FN3O/c1-6-3-10(14)7(2)16-12(6)17-13(18)11-9-4-8(9)5-15-11/h3,8-9,11,15H,4-5H2,1-2H3,(H,16,17,18)/t8?,9-,11?/m1/s1. The van der Waals surface area contributed by atoms with Gasteiger partial charge in [-0.3, -0.25) is 4.79 Å². The van der Waals surface area contributed by atoms with Gasteiger partial charge >= 0.3 is 0 Å². The first-order valence-electron chi connectivity index (χ1n) is 6.24. The van der Waals surface area contributed by atoms with E-state index in [0.29, 0.717) is 28.9 Å². The van der Waals surface area contributed by atoms with Gasteiger partial charge in [-0.05, 0) is 50.3 Å². The van der Waals surface area contributed by atoms with Crippen LogP contribution in [0.4, 0.5) is 10.2 Å². The van der Waals surface area contributed by atoms with Crippen molar-refractivity contribution in [3.8, 4) is 0 Å². The van der Waals surface area contributed by atoms with E-state index >= 15 is 0 Å². The van der Waals surface area contributed by atoms with Crippen LogP contribution in [0.3, 0.4) is 0 Å². The van der Waals surface area contributed by atoms with E-state index in [2.05, 4.69) is 15.6 Å². The molecule has 1 saturated heterocycles. The molecule has 0 spiro atoms. The summed E-state index contributed by atoms with van der Waals surface area (Å²) in [6, 6.07) is 1.29. The Balaban J connectivity index is 1.76. The third-order valence-corrected chi connectivity index (χ3v) is 3.87. The molecule has 2 fully saturated rings. The fourth-order valence-electron chi connectivity index (χ4n) is 2.62. The molecule has 0 bridgehead atoms. The lowest BCUT2D eigenvalue weighted by atomic mass is 10.2. The lowest BCUT2D eigenvalue weighted by Gasteiger charge is -2.14. The Labute approximate surface area is 105 Å². The second-order valence-electron chi connectivity index (χ2n) is 5.26. The van der Waals surface area contributed by atoms with Crippen molar-refractivity contribution in [2.75, 3.05) is 11.9 Å². The molecule has 1 amide bonds. The lowest BCUT2D eigenvalue weighted by molar-refractivity contribution is -0.118. The van der Waals surface area contributed by atoms with E-state index in [1.54, 1.807) is 13.8 Å². The molecular formula is C13H16FN3O. The second kappa shape index (κ2) is 4.02. The number of amides is 1. The smallest absolute Gasteiger partial charge is 0.242 e. The number of hydrogen-bond acceptors (Lipinski definition) is 3. The van der Waals surface area contributed by atoms with Gasteiger partial charge in [0, 0.05) is 0 Å². The Kier molecular flexibility index (Phi) is 2.59. The van der Waals surface area contributed by atoms with Gasteiger partial charge in [-0.2, -0.15) is 0 Å². The van der Waals surface area contributed by atoms with Crippen molar-refractivity contribution in [3.05, 3.63) is 23.1 Å². The molecule has 2 heterocycles. The third-order valence-electron chi connectivity index (χ3n) is 3.87. The van der Waals surface area contributed by atoms with Crippen molar-refractivity contribution in [2.45, 2.75) is 26.3 Å². The molecular weight excluding hydrogens is 233 g/mol. The first-order chi connectivity index (χ1) is 8.56. The summed E-state index contributed by atoms with van der Waals surface area (Å²) in [5.74, 6) is 1.22. The molecule has 1 aliphatic carbocycles. The molecule has 3 atom stereocenters. The first kappa shape index (κ1) is 11.6. The van der Waals surface area contributed by atoms with Crippen molar-refractivity contribution in [1.82, 2.24) is 10.3 Å². The zero-order valence-corrected chi connectivity index (χ0v) is 10.5. The second-order valence-corrected chi connectivity index (χ2v) is 5.26. The molecule has 3 rings (SSSR count). The minimum absolute atomic E-state index is 0.0541. The highest BCUT2D eigenvalue weighted by molar-refractivity contribution is 5.95. The predicted octanol–water partition coefficient (Wildman–Crippen LogP) is 1.38. The van der Waals surface area contributed by atoms with Crippen LogP contribution in [0.2, 0.25) is 0 Å². The molecule has 1 saturated carbocycles. The zero-order chi connectivity index (χ0) is 12.9. The highest BCUT2D eigenvalue weighted by Crippen LogP contribution is 2.45. The number of carbonyl (C=O) groups is 1. The summed E-state index contributed by atoms with van der Waals surface area (Å²) in [6.07, 6.45) is 1.14. The molecule has 0 radical (unpaired) electrons. The van der Waals surface area contributed by atoms with Gasteiger partial charge in [0.2, 0.25) is 5.91 Å². The quantitative estimate of drug-likeness (QED) is 0.832. The summed E-state index contributed by atoms with van der Waals surface area (Å²) < 4.78 is 13.3. The number of carbonyl (C=O) groups excluding carboxylic acids is 1. The van der Waals surface area contributed by atoms with Crippen molar-refractivity contribution in [2.24, 2.45) is 11.8 Å². The van der Waals surface area contributed by atoms with Gasteiger partial charge in [-0.25, -0.2) is 9.37 Å². The average Bonchev–Trinajstić information content (AvgIpc) is 2.97. The number of nitrogens with one attached hydrogen (secondary N) is 2. The van der Waals surface area contributed by atoms with Gasteiger partial charge in [-0.15, -0.1) is 0 Å². The summed E-state index contributed by atoms with van der Waals surface area (Å²) in [4.78, 5) is 16.2. The number of pyridine rings is 1. The van der Waals surface area contributed by atoms with Crippen molar-refractivity contribution in [3.63, 3.8) is 0 Å². The van der Waals surface area contributed by atoms with Crippen LogP contribution in [0.1, 0.15) is 17.7 Å². The molecule has 2 aliphatic rings. The molecule has 5 heteroatoms. The van der Waals surface area contributed by atoms with Crippen molar-refractivity contribution in [1.29, 1.82) is 0 Å². The Morgan fingerprint density at radius 2 is 2.33 bits per heavy atom. The van der Waals surface area contributed by atoms with E-state index in [4.69, 9.17) is 0 Å². The van der Waals surface area contributed by atoms with Crippen molar-refractivity contribution >= 4 is 11.7 Å². The molecule has 18 heavy (non-hydrogen) atoms. The Morgan fingerprint density at radius 3 is 2.94 bits per heavy atom. The molecule has 2 N–H and O–H groups in total. The number of fused-ring (bicyclic) bond motifs is 1. The predicted molar refractivity (Wildman–Crippen MR) is 65.7 cm³/mol. The maximum absolute atomic E-state index is 13.3. The monoisotopic (exact) mass is 249 g/mol. The summed E-state index contributed by atoms with van der Waals surface area (Å²) in [7, 11) is 0. The van der Waals surface area contributed by atoms with Gasteiger partial charge in [0.05, 0.1) is 11.7 Å². The normalized spacial score (nSPS) is 28.9. The summed E-state index contributed by atoms with van der Waals surface area (Å²) in [5.41, 5.74) is 0.955. The Bertz CT molecular complexity index is 517. The zero-order valence-electron chi connectivity index (χ0n) is 10.5. The van der Waals surface area contributed by atoms with Crippen LogP contribution in [0, 0.1) is 31.5 Å². The fraction of sp³-hybridized carbons (Fsp3) is 0.538. The Morgan fingerprint density at radius 1 is 1.56 bits per heavy atom. The minimum Gasteiger partial charge on any atom is -0.309 e. The SMILES string of the molecule is Cc1cc(F)c(C)nc1NC(=O)C1NCC2C[C@H]21. The molecule has 96 valence electrons. The van der Waals surface area contributed by atoms with Crippen LogP contribution in [0.25, 0.3) is 0 Å². The number of hydrogen-bond donors (Lipinski definition) is 2.